The lowest BCUT2D eigenvalue weighted by molar-refractivity contribution is -0.137. The molecule has 4 nitrogen and oxygen atoms in total. The van der Waals surface area contributed by atoms with Gasteiger partial charge in [0.05, 0.1) is 8.66 Å². The van der Waals surface area contributed by atoms with Crippen LogP contribution in [-0.4, -0.2) is 35.0 Å². The van der Waals surface area contributed by atoms with Crippen LogP contribution in [0.1, 0.15) is 35.4 Å². The first-order valence-corrected chi connectivity index (χ1v) is 8.83. The van der Waals surface area contributed by atoms with Crippen LogP contribution >= 0.6 is 43.2 Å². The van der Waals surface area contributed by atoms with Crippen LogP contribution in [0, 0.1) is 5.92 Å². The summed E-state index contributed by atoms with van der Waals surface area (Å²) in [6, 6.07) is 1.84. The molecule has 20 heavy (non-hydrogen) atoms. The van der Waals surface area contributed by atoms with E-state index in [-0.39, 0.29) is 12.3 Å². The zero-order valence-electron chi connectivity index (χ0n) is 10.8. The van der Waals surface area contributed by atoms with Gasteiger partial charge in [-0.3, -0.25) is 9.59 Å². The zero-order valence-corrected chi connectivity index (χ0v) is 14.8. The standard InChI is InChI=1S/C13H15Br2NO3S/c14-9-7-10(20-12(9)15)13(19)16-5-3-8(4-6-16)1-2-11(17)18/h7-8H,1-6H2,(H,17,18). The van der Waals surface area contributed by atoms with E-state index in [0.29, 0.717) is 12.3 Å². The van der Waals surface area contributed by atoms with Gasteiger partial charge in [0.15, 0.2) is 0 Å². The second kappa shape index (κ2) is 7.04. The second-order valence-electron chi connectivity index (χ2n) is 4.90. The molecule has 1 fully saturated rings. The number of halogens is 2. The molecule has 1 N–H and O–H groups in total. The first kappa shape index (κ1) is 16.0. The quantitative estimate of drug-likeness (QED) is 0.794. The fourth-order valence-electron chi connectivity index (χ4n) is 2.36. The minimum Gasteiger partial charge on any atom is -0.481 e. The van der Waals surface area contributed by atoms with Gasteiger partial charge in [-0.25, -0.2) is 0 Å². The van der Waals surface area contributed by atoms with Gasteiger partial charge in [-0.2, -0.15) is 0 Å². The average Bonchev–Trinajstić information content (AvgIpc) is 2.76. The van der Waals surface area contributed by atoms with Gasteiger partial charge in [-0.1, -0.05) is 0 Å². The average molecular weight is 425 g/mol. The first-order valence-electron chi connectivity index (χ1n) is 6.43. The van der Waals surface area contributed by atoms with Crippen molar-refractivity contribution in [3.63, 3.8) is 0 Å². The van der Waals surface area contributed by atoms with E-state index in [1.807, 2.05) is 11.0 Å². The van der Waals surface area contributed by atoms with Gasteiger partial charge in [-0.05, 0) is 63.1 Å². The topological polar surface area (TPSA) is 57.6 Å². The van der Waals surface area contributed by atoms with E-state index < -0.39 is 5.97 Å². The first-order chi connectivity index (χ1) is 9.47. The largest absolute Gasteiger partial charge is 0.481 e. The van der Waals surface area contributed by atoms with Crippen molar-refractivity contribution in [3.05, 3.63) is 19.2 Å². The molecule has 0 aromatic carbocycles. The summed E-state index contributed by atoms with van der Waals surface area (Å²) in [5.41, 5.74) is 0. The van der Waals surface area contributed by atoms with Crippen LogP contribution < -0.4 is 0 Å². The smallest absolute Gasteiger partial charge is 0.303 e. The Hall–Kier alpha value is -0.400. The molecule has 2 heterocycles. The molecule has 0 bridgehead atoms. The van der Waals surface area contributed by atoms with Gasteiger partial charge in [0.25, 0.3) is 5.91 Å². The molecule has 1 aliphatic rings. The van der Waals surface area contributed by atoms with E-state index in [1.54, 1.807) is 0 Å². The number of hydrogen-bond acceptors (Lipinski definition) is 3. The van der Waals surface area contributed by atoms with Crippen molar-refractivity contribution in [1.82, 2.24) is 4.90 Å². The number of aliphatic carboxylic acids is 1. The van der Waals surface area contributed by atoms with Crippen LogP contribution in [0.2, 0.25) is 0 Å². The molecular weight excluding hydrogens is 410 g/mol. The number of nitrogens with zero attached hydrogens (tertiary/aromatic N) is 1. The number of likely N-dealkylation sites (tertiary alicyclic amines) is 1. The highest BCUT2D eigenvalue weighted by atomic mass is 79.9. The number of carbonyl (C=O) groups is 2. The highest BCUT2D eigenvalue weighted by molar-refractivity contribution is 9.13. The van der Waals surface area contributed by atoms with Crippen LogP contribution in [0.5, 0.6) is 0 Å². The van der Waals surface area contributed by atoms with E-state index >= 15 is 0 Å². The molecule has 1 aliphatic heterocycles. The van der Waals surface area contributed by atoms with Crippen molar-refractivity contribution < 1.29 is 14.7 Å². The minimum absolute atomic E-state index is 0.0677. The van der Waals surface area contributed by atoms with Crippen molar-refractivity contribution >= 4 is 55.1 Å². The molecule has 1 saturated heterocycles. The fourth-order valence-corrected chi connectivity index (χ4v) is 4.36. The molecule has 1 amide bonds. The highest BCUT2D eigenvalue weighted by Gasteiger charge is 2.25. The summed E-state index contributed by atoms with van der Waals surface area (Å²) in [4.78, 5) is 25.5. The van der Waals surface area contributed by atoms with Crippen molar-refractivity contribution in [2.45, 2.75) is 25.7 Å². The van der Waals surface area contributed by atoms with Crippen LogP contribution in [0.3, 0.4) is 0 Å². The highest BCUT2D eigenvalue weighted by Crippen LogP contribution is 2.33. The molecule has 110 valence electrons. The Morgan fingerprint density at radius 1 is 1.35 bits per heavy atom. The molecule has 1 aromatic heterocycles. The lowest BCUT2D eigenvalue weighted by atomic mass is 9.92. The molecular formula is C13H15Br2NO3S. The molecule has 0 saturated carbocycles. The molecule has 0 spiro atoms. The maximum Gasteiger partial charge on any atom is 0.303 e. The number of hydrogen-bond donors (Lipinski definition) is 1. The summed E-state index contributed by atoms with van der Waals surface area (Å²) in [7, 11) is 0. The summed E-state index contributed by atoms with van der Waals surface area (Å²) >= 11 is 8.22. The third-order valence-electron chi connectivity index (χ3n) is 3.52. The fraction of sp³-hybridized carbons (Fsp3) is 0.538. The third kappa shape index (κ3) is 4.05. The zero-order chi connectivity index (χ0) is 14.7. The van der Waals surface area contributed by atoms with Crippen molar-refractivity contribution in [1.29, 1.82) is 0 Å². The maximum absolute atomic E-state index is 12.3. The van der Waals surface area contributed by atoms with Gasteiger partial charge >= 0.3 is 5.97 Å². The van der Waals surface area contributed by atoms with Crippen LogP contribution in [0.4, 0.5) is 0 Å². The number of carboxylic acid groups (broad SMARTS) is 1. The Balaban J connectivity index is 1.87. The van der Waals surface area contributed by atoms with Gasteiger partial charge in [0.2, 0.25) is 0 Å². The molecule has 1 aromatic rings. The number of piperidine rings is 1. The molecule has 0 aliphatic carbocycles. The minimum atomic E-state index is -0.739. The van der Waals surface area contributed by atoms with Crippen LogP contribution in [-0.2, 0) is 4.79 Å². The Morgan fingerprint density at radius 2 is 2.00 bits per heavy atom. The lowest BCUT2D eigenvalue weighted by Gasteiger charge is -2.31. The second-order valence-corrected chi connectivity index (χ2v) is 8.12. The Morgan fingerprint density at radius 3 is 2.50 bits per heavy atom. The van der Waals surface area contributed by atoms with Crippen LogP contribution in [0.15, 0.2) is 14.3 Å². The number of rotatable bonds is 4. The summed E-state index contributed by atoms with van der Waals surface area (Å²) in [6.07, 6.45) is 2.73. The van der Waals surface area contributed by atoms with E-state index in [2.05, 4.69) is 31.9 Å². The van der Waals surface area contributed by atoms with Crippen LogP contribution in [0.25, 0.3) is 0 Å². The van der Waals surface area contributed by atoms with Crippen molar-refractivity contribution in [2.75, 3.05) is 13.1 Å². The normalized spacial score (nSPS) is 16.4. The summed E-state index contributed by atoms with van der Waals surface area (Å²) in [6.45, 7) is 1.44. The van der Waals surface area contributed by atoms with Gasteiger partial charge in [0.1, 0.15) is 0 Å². The number of amides is 1. The number of thiophene rings is 1. The van der Waals surface area contributed by atoms with E-state index in [9.17, 15) is 9.59 Å². The molecule has 0 radical (unpaired) electrons. The maximum atomic E-state index is 12.3. The summed E-state index contributed by atoms with van der Waals surface area (Å²) in [5, 5.41) is 8.69. The molecule has 0 unspecified atom stereocenters. The molecule has 0 atom stereocenters. The van der Waals surface area contributed by atoms with Gasteiger partial charge in [-0.15, -0.1) is 11.3 Å². The number of carbonyl (C=O) groups excluding carboxylic acids is 1. The predicted molar refractivity (Wildman–Crippen MR) is 85.2 cm³/mol. The predicted octanol–water partition coefficient (Wildman–Crippen LogP) is 3.99. The van der Waals surface area contributed by atoms with Crippen molar-refractivity contribution in [2.24, 2.45) is 5.92 Å². The Labute approximate surface area is 138 Å². The van der Waals surface area contributed by atoms with Gasteiger partial charge in [0, 0.05) is 24.0 Å². The monoisotopic (exact) mass is 423 g/mol. The van der Waals surface area contributed by atoms with Crippen molar-refractivity contribution in [3.8, 4) is 0 Å². The van der Waals surface area contributed by atoms with E-state index in [4.69, 9.17) is 5.11 Å². The number of carboxylic acids is 1. The molecule has 7 heteroatoms. The SMILES string of the molecule is O=C(O)CCC1CCN(C(=O)c2cc(Br)c(Br)s2)CC1. The lowest BCUT2D eigenvalue weighted by Crippen LogP contribution is -2.38. The molecule has 2 rings (SSSR count). The van der Waals surface area contributed by atoms with Gasteiger partial charge < -0.3 is 10.0 Å². The Kier molecular flexibility index (Phi) is 5.63. The van der Waals surface area contributed by atoms with E-state index in [1.165, 1.54) is 11.3 Å². The Bertz CT molecular complexity index is 490. The summed E-state index contributed by atoms with van der Waals surface area (Å²) in [5.74, 6) is -0.244. The summed E-state index contributed by atoms with van der Waals surface area (Å²) < 4.78 is 1.83. The third-order valence-corrected chi connectivity index (χ3v) is 6.77. The van der Waals surface area contributed by atoms with E-state index in [0.717, 1.165) is 39.1 Å².